The van der Waals surface area contributed by atoms with E-state index in [-0.39, 0.29) is 18.5 Å². The zero-order chi connectivity index (χ0) is 19.0. The molecule has 0 saturated heterocycles. The highest BCUT2D eigenvalue weighted by atomic mass is 79.9. The van der Waals surface area contributed by atoms with Crippen molar-refractivity contribution in [2.24, 2.45) is 0 Å². The molecular weight excluding hydrogens is 474 g/mol. The van der Waals surface area contributed by atoms with Gasteiger partial charge in [0.1, 0.15) is 0 Å². The van der Waals surface area contributed by atoms with Crippen molar-refractivity contribution < 1.29 is 4.74 Å². The molecule has 1 aliphatic heterocycles. The number of hydrogen-bond acceptors (Lipinski definition) is 4. The zero-order valence-corrected chi connectivity index (χ0v) is 20.1. The van der Waals surface area contributed by atoms with Crippen molar-refractivity contribution in [2.45, 2.75) is 29.4 Å². The van der Waals surface area contributed by atoms with Gasteiger partial charge in [0, 0.05) is 41.7 Å². The van der Waals surface area contributed by atoms with E-state index in [1.54, 1.807) is 0 Å². The van der Waals surface area contributed by atoms with Gasteiger partial charge in [0.2, 0.25) is 0 Å². The minimum Gasteiger partial charge on any atom is -0.372 e. The lowest BCUT2D eigenvalue weighted by atomic mass is 10.0. The third-order valence-electron chi connectivity index (χ3n) is 4.50. The van der Waals surface area contributed by atoms with E-state index >= 15 is 0 Å². The number of likely N-dealkylation sites (N-methyl/N-ethyl adjacent to an activating group) is 1. The Morgan fingerprint density at radius 3 is 2.57 bits per heavy atom. The molecule has 0 saturated carbocycles. The summed E-state index contributed by atoms with van der Waals surface area (Å²) in [6, 6.07) is 17.6. The van der Waals surface area contributed by atoms with Crippen LogP contribution in [0.3, 0.4) is 0 Å². The van der Waals surface area contributed by atoms with Crippen LogP contribution >= 0.6 is 51.4 Å². The molecule has 4 rings (SSSR count). The normalized spacial score (nSPS) is 13.2. The summed E-state index contributed by atoms with van der Waals surface area (Å²) in [6.07, 6.45) is 0.216. The Hall–Kier alpha value is -0.820. The third kappa shape index (κ3) is 4.66. The van der Waals surface area contributed by atoms with Crippen LogP contribution in [0.5, 0.6) is 0 Å². The van der Waals surface area contributed by atoms with E-state index in [1.807, 2.05) is 23.1 Å². The van der Waals surface area contributed by atoms with Crippen LogP contribution in [-0.4, -0.2) is 31.6 Å². The monoisotopic (exact) mass is 495 g/mol. The van der Waals surface area contributed by atoms with E-state index in [1.165, 1.54) is 36.2 Å². The highest BCUT2D eigenvalue weighted by Gasteiger charge is 2.22. The van der Waals surface area contributed by atoms with Gasteiger partial charge in [0.05, 0.1) is 12.7 Å². The smallest absolute Gasteiger partial charge is 0.0814 e. The lowest BCUT2D eigenvalue weighted by Crippen LogP contribution is -2.25. The number of ether oxygens (including phenoxy) is 1. The molecule has 2 aromatic carbocycles. The topological polar surface area (TPSA) is 12.5 Å². The number of benzene rings is 2. The second-order valence-electron chi connectivity index (χ2n) is 7.08. The fraction of sp³-hybridized carbons (Fsp3) is 0.273. The number of rotatable bonds is 5. The number of halogens is 2. The van der Waals surface area contributed by atoms with Crippen LogP contribution < -0.4 is 0 Å². The van der Waals surface area contributed by atoms with E-state index in [0.29, 0.717) is 6.61 Å². The fourth-order valence-electron chi connectivity index (χ4n) is 3.37. The molecule has 148 valence electrons. The molecule has 3 aromatic rings. The van der Waals surface area contributed by atoms with Gasteiger partial charge in [-0.25, -0.2) is 0 Å². The van der Waals surface area contributed by atoms with Crippen LogP contribution in [0.25, 0.3) is 21.6 Å². The summed E-state index contributed by atoms with van der Waals surface area (Å²) < 4.78 is 7.22. The largest absolute Gasteiger partial charge is 0.372 e. The van der Waals surface area contributed by atoms with Crippen LogP contribution in [-0.2, 0) is 11.3 Å². The highest BCUT2D eigenvalue weighted by Crippen LogP contribution is 2.51. The Balaban J connectivity index is 0.00000225. The van der Waals surface area contributed by atoms with E-state index in [4.69, 9.17) is 4.74 Å². The molecule has 0 bridgehead atoms. The fourth-order valence-corrected chi connectivity index (χ4v) is 6.22. The number of hydrogen-bond donors (Lipinski definition) is 0. The van der Waals surface area contributed by atoms with Crippen molar-refractivity contribution in [3.8, 4) is 21.6 Å². The second-order valence-corrected chi connectivity index (χ2v) is 10.2. The quantitative estimate of drug-likeness (QED) is 0.290. The van der Waals surface area contributed by atoms with Crippen molar-refractivity contribution in [1.29, 1.82) is 0 Å². The molecule has 2 heterocycles. The first-order valence-corrected chi connectivity index (χ1v) is 11.4. The van der Waals surface area contributed by atoms with E-state index in [9.17, 15) is 0 Å². The molecular formula is C22H23BrClNOS2. The van der Waals surface area contributed by atoms with Gasteiger partial charge in [0.15, 0.2) is 0 Å². The maximum Gasteiger partial charge on any atom is 0.0814 e. The van der Waals surface area contributed by atoms with Crippen molar-refractivity contribution in [3.05, 3.63) is 57.9 Å². The van der Waals surface area contributed by atoms with Gasteiger partial charge in [0.25, 0.3) is 0 Å². The molecule has 6 heteroatoms. The first kappa shape index (κ1) is 21.9. The van der Waals surface area contributed by atoms with Crippen molar-refractivity contribution in [2.75, 3.05) is 20.6 Å². The predicted molar refractivity (Wildman–Crippen MR) is 127 cm³/mol. The summed E-state index contributed by atoms with van der Waals surface area (Å²) in [4.78, 5) is 7.39. The lowest BCUT2D eigenvalue weighted by Gasteiger charge is -2.17. The molecule has 1 atom stereocenters. The Bertz CT molecular complexity index is 973. The second kappa shape index (κ2) is 9.33. The Morgan fingerprint density at radius 1 is 1.00 bits per heavy atom. The molecule has 1 unspecified atom stereocenters. The number of nitrogens with zero attached hydrogens (tertiary/aromatic N) is 1. The van der Waals surface area contributed by atoms with Crippen LogP contribution in [0.4, 0.5) is 0 Å². The highest BCUT2D eigenvalue weighted by molar-refractivity contribution is 9.10. The Morgan fingerprint density at radius 2 is 1.79 bits per heavy atom. The molecule has 0 radical (unpaired) electrons. The Labute approximate surface area is 189 Å². The predicted octanol–water partition coefficient (Wildman–Crippen LogP) is 7.20. The van der Waals surface area contributed by atoms with Crippen molar-refractivity contribution in [3.63, 3.8) is 0 Å². The van der Waals surface area contributed by atoms with E-state index in [0.717, 1.165) is 11.0 Å². The maximum absolute atomic E-state index is 6.10. The van der Waals surface area contributed by atoms with E-state index in [2.05, 4.69) is 90.4 Å². The van der Waals surface area contributed by atoms with Gasteiger partial charge in [-0.1, -0.05) is 52.0 Å². The minimum atomic E-state index is 0. The summed E-state index contributed by atoms with van der Waals surface area (Å²) in [5, 5.41) is 0. The summed E-state index contributed by atoms with van der Waals surface area (Å²) in [6.45, 7) is 3.73. The molecule has 2 nitrogen and oxygen atoms in total. The molecule has 28 heavy (non-hydrogen) atoms. The molecule has 1 aliphatic rings. The van der Waals surface area contributed by atoms with Gasteiger partial charge < -0.3 is 9.64 Å². The maximum atomic E-state index is 6.10. The lowest BCUT2D eigenvalue weighted by molar-refractivity contribution is 0.0379. The van der Waals surface area contributed by atoms with E-state index < -0.39 is 0 Å². The summed E-state index contributed by atoms with van der Waals surface area (Å²) in [5.74, 6) is 0. The minimum absolute atomic E-state index is 0. The molecule has 0 N–H and O–H groups in total. The summed E-state index contributed by atoms with van der Waals surface area (Å²) in [5.41, 5.74) is 3.95. The van der Waals surface area contributed by atoms with Crippen LogP contribution in [0.15, 0.2) is 62.8 Å². The summed E-state index contributed by atoms with van der Waals surface area (Å²) >= 11 is 7.33. The van der Waals surface area contributed by atoms with Gasteiger partial charge in [-0.2, -0.15) is 0 Å². The van der Waals surface area contributed by atoms with Crippen LogP contribution in [0, 0.1) is 0 Å². The molecule has 1 aromatic heterocycles. The standard InChI is InChI=1S/C22H22BrNOS2.ClH/c1-14(12-24(2)3)25-13-16-11-19-17-6-4-5-7-20(17)27-21-10-15(23)8-9-18(21)22(19)26-16;/h4-11,14H,12-13H2,1-3H3;1H. The SMILES string of the molecule is CC(CN(C)C)OCc1cc2c(s1)-c1ccc(Br)cc1Sc1ccccc1-2.Cl. The first-order chi connectivity index (χ1) is 13.0. The number of fused-ring (bicyclic) bond motifs is 5. The van der Waals surface area contributed by atoms with Gasteiger partial charge in [-0.3, -0.25) is 0 Å². The average Bonchev–Trinajstić information content (AvgIpc) is 2.99. The van der Waals surface area contributed by atoms with Crippen LogP contribution in [0.1, 0.15) is 11.8 Å². The van der Waals surface area contributed by atoms with Gasteiger partial charge in [-0.05, 0) is 50.8 Å². The molecule has 0 fully saturated rings. The van der Waals surface area contributed by atoms with Gasteiger partial charge in [-0.15, -0.1) is 23.7 Å². The third-order valence-corrected chi connectivity index (χ3v) is 7.27. The van der Waals surface area contributed by atoms with Crippen molar-refractivity contribution >= 4 is 51.4 Å². The molecule has 0 spiro atoms. The average molecular weight is 497 g/mol. The molecule has 0 aliphatic carbocycles. The van der Waals surface area contributed by atoms with Crippen molar-refractivity contribution in [1.82, 2.24) is 4.90 Å². The van der Waals surface area contributed by atoms with Crippen LogP contribution in [0.2, 0.25) is 0 Å². The number of thiophene rings is 1. The first-order valence-electron chi connectivity index (χ1n) is 8.97. The molecule has 0 amide bonds. The summed E-state index contributed by atoms with van der Waals surface area (Å²) in [7, 11) is 4.16. The zero-order valence-electron chi connectivity index (χ0n) is 16.1. The Kier molecular flexibility index (Phi) is 7.29. The van der Waals surface area contributed by atoms with Gasteiger partial charge >= 0.3 is 0 Å².